The van der Waals surface area contributed by atoms with Crippen molar-refractivity contribution in [3.63, 3.8) is 0 Å². The van der Waals surface area contributed by atoms with Gasteiger partial charge in [-0.2, -0.15) is 4.31 Å². The second-order valence-corrected chi connectivity index (χ2v) is 12.8. The fourth-order valence-electron chi connectivity index (χ4n) is 5.31. The van der Waals surface area contributed by atoms with Crippen LogP contribution in [0.2, 0.25) is 0 Å². The van der Waals surface area contributed by atoms with Gasteiger partial charge < -0.3 is 19.1 Å². The smallest absolute Gasteiger partial charge is 0.325 e. The van der Waals surface area contributed by atoms with Crippen molar-refractivity contribution in [3.8, 4) is 0 Å². The Kier molecular flexibility index (Phi) is 10.2. The number of allylic oxidation sites excluding steroid dienone is 3. The topological polar surface area (TPSA) is 102 Å². The Morgan fingerprint density at radius 1 is 1.15 bits per heavy atom. The summed E-state index contributed by atoms with van der Waals surface area (Å²) in [4.78, 5) is 25.6. The van der Waals surface area contributed by atoms with E-state index in [1.165, 1.54) is 15.5 Å². The standard InChI is InChI=1S/C29H42N2O7S/c1-7-36-27(33)19-30(5)26(32)14-11-17-31(39(6,34)35)23-18-29(3,4)38-25-16-15-24(21(2)28(23)25)37-20-22-12-9-8-10-13-22/h8-10,12-13,15-16,21,23,28H,7,11,14,17-20H2,1-6H3. The van der Waals surface area contributed by atoms with Crippen LogP contribution in [0.15, 0.2) is 54.0 Å². The summed E-state index contributed by atoms with van der Waals surface area (Å²) in [6.07, 6.45) is 5.96. The van der Waals surface area contributed by atoms with Gasteiger partial charge in [-0.05, 0) is 44.9 Å². The van der Waals surface area contributed by atoms with E-state index in [2.05, 4.69) is 0 Å². The summed E-state index contributed by atoms with van der Waals surface area (Å²) < 4.78 is 45.1. The molecule has 39 heavy (non-hydrogen) atoms. The number of amides is 1. The van der Waals surface area contributed by atoms with Crippen molar-refractivity contribution < 1.29 is 32.2 Å². The minimum atomic E-state index is -3.61. The Balaban J connectivity index is 1.75. The van der Waals surface area contributed by atoms with Crippen LogP contribution in [0.25, 0.3) is 0 Å². The Hall–Kier alpha value is -2.85. The highest BCUT2D eigenvalue weighted by molar-refractivity contribution is 7.88. The predicted molar refractivity (Wildman–Crippen MR) is 149 cm³/mol. The molecule has 2 aliphatic rings. The van der Waals surface area contributed by atoms with E-state index < -0.39 is 21.6 Å². The van der Waals surface area contributed by atoms with Crippen LogP contribution >= 0.6 is 0 Å². The fourth-order valence-corrected chi connectivity index (χ4v) is 6.47. The Bertz CT molecular complexity index is 1180. The van der Waals surface area contributed by atoms with Gasteiger partial charge in [-0.15, -0.1) is 0 Å². The van der Waals surface area contributed by atoms with E-state index in [0.29, 0.717) is 19.4 Å². The second-order valence-electron chi connectivity index (χ2n) is 10.9. The molecule has 10 heteroatoms. The summed E-state index contributed by atoms with van der Waals surface area (Å²) in [5.74, 6) is 0.469. The number of ether oxygens (including phenoxy) is 3. The Labute approximate surface area is 232 Å². The van der Waals surface area contributed by atoms with Crippen LogP contribution in [0.4, 0.5) is 0 Å². The highest BCUT2D eigenvalue weighted by Gasteiger charge is 2.48. The van der Waals surface area contributed by atoms with Gasteiger partial charge in [0.05, 0.1) is 12.9 Å². The molecule has 216 valence electrons. The zero-order chi connectivity index (χ0) is 28.8. The molecule has 1 heterocycles. The van der Waals surface area contributed by atoms with E-state index >= 15 is 0 Å². The van der Waals surface area contributed by atoms with Gasteiger partial charge in [0.2, 0.25) is 15.9 Å². The molecule has 0 saturated carbocycles. The lowest BCUT2D eigenvalue weighted by Gasteiger charge is -2.49. The molecule has 0 spiro atoms. The van der Waals surface area contributed by atoms with E-state index in [4.69, 9.17) is 14.2 Å². The van der Waals surface area contributed by atoms with E-state index in [1.54, 1.807) is 14.0 Å². The van der Waals surface area contributed by atoms with Gasteiger partial charge in [0.25, 0.3) is 0 Å². The molecule has 3 unspecified atom stereocenters. The molecule has 1 amide bonds. The quantitative estimate of drug-likeness (QED) is 0.357. The second kappa shape index (κ2) is 13.0. The van der Waals surface area contributed by atoms with Crippen LogP contribution < -0.4 is 0 Å². The molecule has 1 aromatic rings. The average molecular weight is 563 g/mol. The van der Waals surface area contributed by atoms with Gasteiger partial charge in [0.15, 0.2) is 0 Å². The number of sulfonamides is 1. The summed E-state index contributed by atoms with van der Waals surface area (Å²) in [5.41, 5.74) is 0.481. The third-order valence-electron chi connectivity index (χ3n) is 7.15. The minimum Gasteiger partial charge on any atom is -0.493 e. The zero-order valence-electron chi connectivity index (χ0n) is 23.9. The predicted octanol–water partition coefficient (Wildman–Crippen LogP) is 3.87. The number of fused-ring (bicyclic) bond motifs is 1. The third-order valence-corrected chi connectivity index (χ3v) is 8.45. The molecule has 1 aliphatic carbocycles. The van der Waals surface area contributed by atoms with E-state index in [-0.39, 0.29) is 49.9 Å². The molecule has 1 fully saturated rings. The summed E-state index contributed by atoms with van der Waals surface area (Å²) in [6.45, 7) is 8.37. The molecule has 1 aliphatic heterocycles. The van der Waals surface area contributed by atoms with E-state index in [0.717, 1.165) is 17.1 Å². The number of carbonyl (C=O) groups excluding carboxylic acids is 2. The molecular formula is C29H42N2O7S. The first kappa shape index (κ1) is 30.7. The lowest BCUT2D eigenvalue weighted by molar-refractivity contribution is -0.148. The number of likely N-dealkylation sites (N-methyl/N-ethyl adjacent to an activating group) is 1. The third kappa shape index (κ3) is 8.32. The van der Waals surface area contributed by atoms with E-state index in [9.17, 15) is 18.0 Å². The van der Waals surface area contributed by atoms with Crippen molar-refractivity contribution in [2.24, 2.45) is 11.8 Å². The molecule has 1 aromatic carbocycles. The normalized spacial score (nSPS) is 22.2. The molecule has 0 N–H and O–H groups in total. The van der Waals surface area contributed by atoms with Crippen molar-refractivity contribution in [2.45, 2.75) is 65.2 Å². The van der Waals surface area contributed by atoms with Crippen molar-refractivity contribution in [3.05, 3.63) is 59.6 Å². The lowest BCUT2D eigenvalue weighted by atomic mass is 9.75. The first-order valence-corrected chi connectivity index (χ1v) is 15.3. The number of hydrogen-bond acceptors (Lipinski definition) is 7. The van der Waals surface area contributed by atoms with Crippen LogP contribution in [0, 0.1) is 11.8 Å². The molecule has 1 saturated heterocycles. The summed E-state index contributed by atoms with van der Waals surface area (Å²) in [6, 6.07) is 9.51. The van der Waals surface area contributed by atoms with Crippen molar-refractivity contribution in [1.29, 1.82) is 0 Å². The Morgan fingerprint density at radius 2 is 1.85 bits per heavy atom. The first-order chi connectivity index (χ1) is 18.3. The maximum absolute atomic E-state index is 13.1. The highest BCUT2D eigenvalue weighted by Crippen LogP contribution is 2.46. The fraction of sp³-hybridized carbons (Fsp3) is 0.586. The van der Waals surface area contributed by atoms with Crippen LogP contribution in [0.5, 0.6) is 0 Å². The molecule has 3 atom stereocenters. The van der Waals surface area contributed by atoms with Crippen molar-refractivity contribution in [2.75, 3.05) is 33.0 Å². The van der Waals surface area contributed by atoms with Crippen molar-refractivity contribution >= 4 is 21.9 Å². The van der Waals surface area contributed by atoms with Crippen LogP contribution in [-0.4, -0.2) is 74.1 Å². The zero-order valence-corrected chi connectivity index (χ0v) is 24.7. The molecule has 0 aromatic heterocycles. The van der Waals surface area contributed by atoms with Crippen molar-refractivity contribution in [1.82, 2.24) is 9.21 Å². The van der Waals surface area contributed by atoms with Crippen LogP contribution in [0.1, 0.15) is 52.5 Å². The number of esters is 1. The number of hydrogen-bond donors (Lipinski definition) is 0. The molecule has 9 nitrogen and oxygen atoms in total. The molecule has 0 bridgehead atoms. The highest BCUT2D eigenvalue weighted by atomic mass is 32.2. The van der Waals surface area contributed by atoms with Gasteiger partial charge in [0.1, 0.15) is 30.3 Å². The molecule has 3 rings (SSSR count). The van der Waals surface area contributed by atoms with Gasteiger partial charge in [-0.3, -0.25) is 9.59 Å². The number of carbonyl (C=O) groups is 2. The number of benzene rings is 1. The largest absolute Gasteiger partial charge is 0.493 e. The van der Waals surface area contributed by atoms with Gasteiger partial charge in [-0.25, -0.2) is 8.42 Å². The SMILES string of the molecule is CCOC(=O)CN(C)C(=O)CCCN(C1CC(C)(C)OC2=CC=C(OCc3ccccc3)C(C)C21)S(C)(=O)=O. The van der Waals surface area contributed by atoms with Crippen LogP contribution in [0.3, 0.4) is 0 Å². The first-order valence-electron chi connectivity index (χ1n) is 13.5. The van der Waals surface area contributed by atoms with Crippen LogP contribution in [-0.2, 0) is 40.4 Å². The molecule has 0 radical (unpaired) electrons. The molecular weight excluding hydrogens is 520 g/mol. The average Bonchev–Trinajstić information content (AvgIpc) is 2.85. The maximum atomic E-state index is 13.1. The maximum Gasteiger partial charge on any atom is 0.325 e. The number of nitrogens with zero attached hydrogens (tertiary/aromatic N) is 2. The summed E-state index contributed by atoms with van der Waals surface area (Å²) in [5, 5.41) is 0. The summed E-state index contributed by atoms with van der Waals surface area (Å²) in [7, 11) is -2.07. The lowest BCUT2D eigenvalue weighted by Crippen LogP contribution is -2.54. The Morgan fingerprint density at radius 3 is 2.49 bits per heavy atom. The summed E-state index contributed by atoms with van der Waals surface area (Å²) >= 11 is 0. The van der Waals surface area contributed by atoms with Gasteiger partial charge >= 0.3 is 5.97 Å². The van der Waals surface area contributed by atoms with Gasteiger partial charge in [-0.1, -0.05) is 37.3 Å². The van der Waals surface area contributed by atoms with Gasteiger partial charge in [0, 0.05) is 44.3 Å². The van der Waals surface area contributed by atoms with E-state index in [1.807, 2.05) is 63.3 Å². The number of rotatable bonds is 12. The monoisotopic (exact) mass is 562 g/mol. The minimum absolute atomic E-state index is 0.114.